The number of carbonyl (C=O) groups excluding carboxylic acids is 1. The van der Waals surface area contributed by atoms with Crippen LogP contribution in [0.15, 0.2) is 48.8 Å². The first kappa shape index (κ1) is 14.5. The highest BCUT2D eigenvalue weighted by atomic mass is 19.1. The largest absolute Gasteiger partial charge is 0.507 e. The van der Waals surface area contributed by atoms with Crippen LogP contribution in [0.5, 0.6) is 0 Å². The smallest absolute Gasteiger partial charge is 0.376 e. The van der Waals surface area contributed by atoms with E-state index in [1.807, 2.05) is 0 Å². The zero-order valence-corrected chi connectivity index (χ0v) is 10.9. The molecule has 0 bridgehead atoms. The van der Waals surface area contributed by atoms with Crippen molar-refractivity contribution >= 4 is 17.5 Å². The number of carboxylic acids is 1. The number of carbonyl (C=O) groups is 2. The fourth-order valence-corrected chi connectivity index (χ4v) is 1.78. The van der Waals surface area contributed by atoms with E-state index in [-0.39, 0.29) is 17.9 Å². The molecule has 21 heavy (non-hydrogen) atoms. The molecule has 108 valence electrons. The average Bonchev–Trinajstić information content (AvgIpc) is 2.90. The Morgan fingerprint density at radius 2 is 1.90 bits per heavy atom. The first-order chi connectivity index (χ1) is 9.97. The van der Waals surface area contributed by atoms with Crippen LogP contribution in [0.3, 0.4) is 0 Å². The van der Waals surface area contributed by atoms with Gasteiger partial charge in [-0.05, 0) is 12.1 Å². The van der Waals surface area contributed by atoms with Crippen molar-refractivity contribution in [3.8, 4) is 0 Å². The van der Waals surface area contributed by atoms with Gasteiger partial charge in [-0.25, -0.2) is 9.18 Å². The number of hydrogen-bond donors (Lipinski definition) is 2. The van der Waals surface area contributed by atoms with Crippen LogP contribution in [0, 0.1) is 5.82 Å². The van der Waals surface area contributed by atoms with Gasteiger partial charge in [-0.1, -0.05) is 18.2 Å². The maximum atomic E-state index is 13.5. The summed E-state index contributed by atoms with van der Waals surface area (Å²) in [6.07, 6.45) is 3.72. The van der Waals surface area contributed by atoms with Crippen LogP contribution in [-0.4, -0.2) is 26.5 Å². The summed E-state index contributed by atoms with van der Waals surface area (Å²) in [5, 5.41) is 18.1. The van der Waals surface area contributed by atoms with Crippen LogP contribution in [0.2, 0.25) is 0 Å². The summed E-state index contributed by atoms with van der Waals surface area (Å²) in [5.74, 6) is -3.65. The van der Waals surface area contributed by atoms with Gasteiger partial charge in [0.25, 0.3) is 5.78 Å². The predicted octanol–water partition coefficient (Wildman–Crippen LogP) is 2.23. The number of nitrogens with zero attached hydrogens (tertiary/aromatic N) is 1. The highest BCUT2D eigenvalue weighted by molar-refractivity contribution is 6.38. The lowest BCUT2D eigenvalue weighted by atomic mass is 10.2. The van der Waals surface area contributed by atoms with Gasteiger partial charge in [0.2, 0.25) is 0 Å². The van der Waals surface area contributed by atoms with E-state index in [1.165, 1.54) is 18.3 Å². The van der Waals surface area contributed by atoms with E-state index in [0.717, 1.165) is 0 Å². The minimum absolute atomic E-state index is 0.257. The highest BCUT2D eigenvalue weighted by Crippen LogP contribution is 2.14. The van der Waals surface area contributed by atoms with Crippen molar-refractivity contribution < 1.29 is 24.2 Å². The first-order valence-corrected chi connectivity index (χ1v) is 6.05. The van der Waals surface area contributed by atoms with Gasteiger partial charge >= 0.3 is 5.97 Å². The van der Waals surface area contributed by atoms with Crippen molar-refractivity contribution in [3.05, 3.63) is 65.7 Å². The van der Waals surface area contributed by atoms with Gasteiger partial charge in [-0.3, -0.25) is 4.79 Å². The van der Waals surface area contributed by atoms with E-state index < -0.39 is 17.5 Å². The molecule has 0 aliphatic heterocycles. The molecular weight excluding hydrogens is 277 g/mol. The van der Waals surface area contributed by atoms with E-state index in [2.05, 4.69) is 0 Å². The van der Waals surface area contributed by atoms with Crippen LogP contribution in [0.1, 0.15) is 11.1 Å². The Morgan fingerprint density at radius 1 is 1.19 bits per heavy atom. The maximum absolute atomic E-state index is 13.5. The molecule has 0 saturated carbocycles. The lowest BCUT2D eigenvalue weighted by molar-refractivity contribution is -0.146. The number of aliphatic carboxylic acids is 1. The minimum atomic E-state index is -1.65. The van der Waals surface area contributed by atoms with Crippen molar-refractivity contribution in [1.29, 1.82) is 0 Å². The number of aliphatic hydroxyl groups is 1. The van der Waals surface area contributed by atoms with Crippen molar-refractivity contribution in [2.24, 2.45) is 0 Å². The lowest BCUT2D eigenvalue weighted by Gasteiger charge is -2.04. The van der Waals surface area contributed by atoms with Crippen molar-refractivity contribution in [1.82, 2.24) is 4.57 Å². The molecule has 1 aromatic carbocycles. The summed E-state index contributed by atoms with van der Waals surface area (Å²) in [6, 6.07) is 7.79. The molecule has 0 unspecified atom stereocenters. The van der Waals surface area contributed by atoms with E-state index in [9.17, 15) is 19.1 Å². The zero-order valence-electron chi connectivity index (χ0n) is 10.9. The van der Waals surface area contributed by atoms with Crippen molar-refractivity contribution in [2.45, 2.75) is 6.54 Å². The molecule has 0 fully saturated rings. The number of carboxylic acid groups (broad SMARTS) is 1. The number of aliphatic hydroxyl groups excluding tert-OH is 1. The molecule has 6 heteroatoms. The molecular formula is C15H12FNO4. The Bertz CT molecular complexity index is 718. The summed E-state index contributed by atoms with van der Waals surface area (Å²) >= 11 is 0. The molecule has 0 spiro atoms. The monoisotopic (exact) mass is 289 g/mol. The molecule has 2 rings (SSSR count). The molecule has 2 aromatic rings. The highest BCUT2D eigenvalue weighted by Gasteiger charge is 2.11. The van der Waals surface area contributed by atoms with Gasteiger partial charge in [-0.2, -0.15) is 0 Å². The third-order valence-corrected chi connectivity index (χ3v) is 2.84. The van der Waals surface area contributed by atoms with Crippen molar-refractivity contribution in [2.75, 3.05) is 0 Å². The number of rotatable bonds is 5. The van der Waals surface area contributed by atoms with Crippen LogP contribution in [-0.2, 0) is 16.1 Å². The average molecular weight is 289 g/mol. The fourth-order valence-electron chi connectivity index (χ4n) is 1.78. The number of ketones is 1. The topological polar surface area (TPSA) is 79.5 Å². The molecule has 0 atom stereocenters. The fraction of sp³-hybridized carbons (Fsp3) is 0.0667. The molecule has 0 aliphatic carbocycles. The first-order valence-electron chi connectivity index (χ1n) is 6.05. The molecule has 1 aromatic heterocycles. The van der Waals surface area contributed by atoms with Gasteiger partial charge in [-0.15, -0.1) is 0 Å². The van der Waals surface area contributed by atoms with Crippen LogP contribution in [0.4, 0.5) is 4.39 Å². The Kier molecular flexibility index (Phi) is 4.18. The van der Waals surface area contributed by atoms with Gasteiger partial charge < -0.3 is 14.8 Å². The van der Waals surface area contributed by atoms with Crippen LogP contribution < -0.4 is 0 Å². The number of halogens is 1. The van der Waals surface area contributed by atoms with Gasteiger partial charge in [0.1, 0.15) is 11.6 Å². The third-order valence-electron chi connectivity index (χ3n) is 2.84. The SMILES string of the molecule is O=C(O)C(=O)C=C(O)c1ccn(Cc2ccccc2F)c1. The zero-order chi connectivity index (χ0) is 15.4. The van der Waals surface area contributed by atoms with E-state index >= 15 is 0 Å². The predicted molar refractivity (Wildman–Crippen MR) is 73.2 cm³/mol. The van der Waals surface area contributed by atoms with Crippen LogP contribution in [0.25, 0.3) is 5.76 Å². The standard InChI is InChI=1S/C15H12FNO4/c16-12-4-2-1-3-10(12)8-17-6-5-11(9-17)13(18)7-14(19)15(20)21/h1-7,9,18H,8H2,(H,20,21). The van der Waals surface area contributed by atoms with E-state index in [1.54, 1.807) is 29.0 Å². The second-order valence-corrected chi connectivity index (χ2v) is 4.36. The molecule has 0 aliphatic rings. The number of aromatic nitrogens is 1. The lowest BCUT2D eigenvalue weighted by Crippen LogP contribution is -2.09. The summed E-state index contributed by atoms with van der Waals surface area (Å²) in [7, 11) is 0. The minimum Gasteiger partial charge on any atom is -0.507 e. The molecule has 0 saturated heterocycles. The second-order valence-electron chi connectivity index (χ2n) is 4.36. The quantitative estimate of drug-likeness (QED) is 0.502. The van der Waals surface area contributed by atoms with E-state index in [0.29, 0.717) is 11.6 Å². The Balaban J connectivity index is 2.17. The Labute approximate surface area is 119 Å². The normalized spacial score (nSPS) is 11.4. The van der Waals surface area contributed by atoms with Crippen molar-refractivity contribution in [3.63, 3.8) is 0 Å². The van der Waals surface area contributed by atoms with E-state index in [4.69, 9.17) is 5.11 Å². The molecule has 0 radical (unpaired) electrons. The molecule has 1 heterocycles. The number of benzene rings is 1. The summed E-state index contributed by atoms with van der Waals surface area (Å²) < 4.78 is 15.1. The third kappa shape index (κ3) is 3.56. The second kappa shape index (κ2) is 6.04. The summed E-state index contributed by atoms with van der Waals surface area (Å²) in [4.78, 5) is 21.4. The summed E-state index contributed by atoms with van der Waals surface area (Å²) in [6.45, 7) is 0.257. The maximum Gasteiger partial charge on any atom is 0.376 e. The Hall–Kier alpha value is -2.89. The molecule has 2 N–H and O–H groups in total. The van der Waals surface area contributed by atoms with Gasteiger partial charge in [0.15, 0.2) is 0 Å². The molecule has 0 amide bonds. The van der Waals surface area contributed by atoms with Gasteiger partial charge in [0.05, 0.1) is 0 Å². The number of hydrogen-bond acceptors (Lipinski definition) is 3. The van der Waals surface area contributed by atoms with Crippen LogP contribution >= 0.6 is 0 Å². The molecule has 5 nitrogen and oxygen atoms in total. The van der Waals surface area contributed by atoms with Gasteiger partial charge in [0, 0.05) is 36.1 Å². The summed E-state index contributed by atoms with van der Waals surface area (Å²) in [5.41, 5.74) is 0.755. The Morgan fingerprint density at radius 3 is 2.57 bits per heavy atom.